The van der Waals surface area contributed by atoms with E-state index in [1.807, 2.05) is 36.4 Å². The summed E-state index contributed by atoms with van der Waals surface area (Å²) in [5.74, 6) is 0.727. The number of fused-ring (bicyclic) bond motifs is 3. The Bertz CT molecular complexity index is 996. The van der Waals surface area contributed by atoms with E-state index in [4.69, 9.17) is 9.57 Å². The van der Waals surface area contributed by atoms with Gasteiger partial charge in [-0.2, -0.15) is 13.2 Å². The molecule has 0 atom stereocenters. The fourth-order valence-corrected chi connectivity index (χ4v) is 2.98. The number of halogens is 3. The largest absolute Gasteiger partial charge is 0.486 e. The molecule has 0 unspecified atom stereocenters. The second-order valence-electron chi connectivity index (χ2n) is 5.96. The van der Waals surface area contributed by atoms with Crippen molar-refractivity contribution in [2.75, 3.05) is 6.61 Å². The van der Waals surface area contributed by atoms with Gasteiger partial charge in [-0.25, -0.2) is 0 Å². The molecule has 3 nitrogen and oxygen atoms in total. The highest BCUT2D eigenvalue weighted by Gasteiger charge is 2.30. The van der Waals surface area contributed by atoms with E-state index >= 15 is 0 Å². The van der Waals surface area contributed by atoms with Crippen LogP contribution in [0.15, 0.2) is 65.8 Å². The van der Waals surface area contributed by atoms with Crippen molar-refractivity contribution in [1.29, 1.82) is 0 Å². The molecule has 0 fully saturated rings. The minimum absolute atomic E-state index is 0.0481. The van der Waals surface area contributed by atoms with Gasteiger partial charge >= 0.3 is 6.18 Å². The zero-order chi connectivity index (χ0) is 18.1. The predicted octanol–water partition coefficient (Wildman–Crippen LogP) is 5.17. The van der Waals surface area contributed by atoms with E-state index in [2.05, 4.69) is 5.16 Å². The van der Waals surface area contributed by atoms with Crippen LogP contribution < -0.4 is 4.74 Å². The number of oxime groups is 1. The minimum atomic E-state index is -4.38. The molecule has 1 aliphatic rings. The van der Waals surface area contributed by atoms with Crippen LogP contribution in [0.1, 0.15) is 16.7 Å². The third-order valence-corrected chi connectivity index (χ3v) is 4.20. The molecule has 6 heteroatoms. The zero-order valence-corrected chi connectivity index (χ0v) is 13.6. The molecule has 0 bridgehead atoms. The van der Waals surface area contributed by atoms with Crippen LogP contribution >= 0.6 is 0 Å². The van der Waals surface area contributed by atoms with Crippen LogP contribution in [-0.2, 0) is 17.6 Å². The molecule has 0 saturated carbocycles. The van der Waals surface area contributed by atoms with Crippen LogP contribution in [0, 0.1) is 0 Å². The third-order valence-electron chi connectivity index (χ3n) is 4.20. The fourth-order valence-electron chi connectivity index (χ4n) is 2.98. The van der Waals surface area contributed by atoms with Gasteiger partial charge in [-0.15, -0.1) is 0 Å². The zero-order valence-electron chi connectivity index (χ0n) is 13.6. The highest BCUT2D eigenvalue weighted by atomic mass is 19.4. The lowest BCUT2D eigenvalue weighted by Crippen LogP contribution is -2.06. The van der Waals surface area contributed by atoms with Gasteiger partial charge in [0.05, 0.1) is 11.1 Å². The van der Waals surface area contributed by atoms with Crippen LogP contribution in [0.25, 0.3) is 10.8 Å². The number of hydrogen-bond acceptors (Lipinski definition) is 3. The highest BCUT2D eigenvalue weighted by Crippen LogP contribution is 2.33. The molecule has 3 aromatic carbocycles. The fraction of sp³-hybridized carbons (Fsp3) is 0.150. The Morgan fingerprint density at radius 1 is 1.00 bits per heavy atom. The van der Waals surface area contributed by atoms with Crippen molar-refractivity contribution >= 4 is 16.5 Å². The maximum Gasteiger partial charge on any atom is 0.416 e. The normalized spacial score (nSPS) is 15.1. The van der Waals surface area contributed by atoms with Crippen LogP contribution in [0.4, 0.5) is 13.2 Å². The quantitative estimate of drug-likeness (QED) is 0.605. The topological polar surface area (TPSA) is 30.8 Å². The molecule has 26 heavy (non-hydrogen) atoms. The highest BCUT2D eigenvalue weighted by molar-refractivity contribution is 6.15. The van der Waals surface area contributed by atoms with Crippen molar-refractivity contribution in [2.45, 2.75) is 12.8 Å². The van der Waals surface area contributed by atoms with Crippen LogP contribution in [0.2, 0.25) is 0 Å². The Hall–Kier alpha value is -3.02. The van der Waals surface area contributed by atoms with Crippen LogP contribution in [0.3, 0.4) is 0 Å². The maximum absolute atomic E-state index is 12.8. The van der Waals surface area contributed by atoms with Gasteiger partial charge in [0.1, 0.15) is 24.7 Å². The van der Waals surface area contributed by atoms with Crippen molar-refractivity contribution in [3.05, 3.63) is 77.4 Å². The molecule has 0 amide bonds. The number of nitrogens with zero attached hydrogens (tertiary/aromatic N) is 1. The summed E-state index contributed by atoms with van der Waals surface area (Å²) in [7, 11) is 0. The van der Waals surface area contributed by atoms with Gasteiger partial charge in [-0.1, -0.05) is 47.6 Å². The molecule has 0 saturated heterocycles. The van der Waals surface area contributed by atoms with Gasteiger partial charge in [0.25, 0.3) is 0 Å². The van der Waals surface area contributed by atoms with Gasteiger partial charge in [-0.3, -0.25) is 0 Å². The van der Waals surface area contributed by atoms with Crippen LogP contribution in [0.5, 0.6) is 5.75 Å². The number of ether oxygens (including phenoxy) is 1. The number of hydrogen-bond donors (Lipinski definition) is 0. The average molecular weight is 357 g/mol. The maximum atomic E-state index is 12.8. The smallest absolute Gasteiger partial charge is 0.416 e. The van der Waals surface area contributed by atoms with E-state index in [0.29, 0.717) is 11.3 Å². The summed E-state index contributed by atoms with van der Waals surface area (Å²) >= 11 is 0. The first-order valence-corrected chi connectivity index (χ1v) is 8.02. The molecule has 1 heterocycles. The third kappa shape index (κ3) is 3.10. The summed E-state index contributed by atoms with van der Waals surface area (Å²) in [6, 6.07) is 16.7. The molecule has 0 radical (unpaired) electrons. The van der Waals surface area contributed by atoms with Gasteiger partial charge in [0, 0.05) is 0 Å². The molecule has 0 spiro atoms. The van der Waals surface area contributed by atoms with Gasteiger partial charge in [0.15, 0.2) is 0 Å². The first kappa shape index (κ1) is 16.4. The molecular formula is C20H14F3NO2. The molecule has 132 valence electrons. The molecule has 3 aromatic rings. The van der Waals surface area contributed by atoms with Crippen molar-refractivity contribution in [1.82, 2.24) is 0 Å². The minimum Gasteiger partial charge on any atom is -0.486 e. The summed E-state index contributed by atoms with van der Waals surface area (Å²) in [4.78, 5) is 5.32. The van der Waals surface area contributed by atoms with E-state index in [1.165, 1.54) is 6.07 Å². The average Bonchev–Trinajstić information content (AvgIpc) is 3.05. The van der Waals surface area contributed by atoms with Crippen LogP contribution in [-0.4, -0.2) is 12.3 Å². The monoisotopic (exact) mass is 357 g/mol. The molecule has 1 aliphatic heterocycles. The molecular weight excluding hydrogens is 343 g/mol. The first-order chi connectivity index (χ1) is 12.5. The van der Waals surface area contributed by atoms with Crippen molar-refractivity contribution in [2.24, 2.45) is 5.16 Å². The predicted molar refractivity (Wildman–Crippen MR) is 92.2 cm³/mol. The Balaban J connectivity index is 1.56. The van der Waals surface area contributed by atoms with Crippen molar-refractivity contribution < 1.29 is 22.7 Å². The summed E-state index contributed by atoms with van der Waals surface area (Å²) in [6.45, 7) is 0.222. The second-order valence-corrected chi connectivity index (χ2v) is 5.96. The van der Waals surface area contributed by atoms with E-state index in [-0.39, 0.29) is 13.2 Å². The molecule has 0 aliphatic carbocycles. The Morgan fingerprint density at radius 3 is 2.69 bits per heavy atom. The standard InChI is InChI=1S/C20H14F3NO2/c21-20(22,23)15-6-3-4-13(10-15)11-26-24-17-12-25-18-9-8-14-5-1-2-7-16(14)19(17)18/h1-10H,11-12H2. The van der Waals surface area contributed by atoms with Crippen molar-refractivity contribution in [3.63, 3.8) is 0 Å². The lowest BCUT2D eigenvalue weighted by Gasteiger charge is -2.08. The lowest BCUT2D eigenvalue weighted by molar-refractivity contribution is -0.137. The van der Waals surface area contributed by atoms with E-state index in [1.54, 1.807) is 6.07 Å². The summed E-state index contributed by atoms with van der Waals surface area (Å²) < 4.78 is 43.9. The number of benzene rings is 3. The first-order valence-electron chi connectivity index (χ1n) is 8.02. The van der Waals surface area contributed by atoms with Crippen molar-refractivity contribution in [3.8, 4) is 5.75 Å². The van der Waals surface area contributed by atoms with E-state index in [9.17, 15) is 13.2 Å². The lowest BCUT2D eigenvalue weighted by atomic mass is 10.0. The molecule has 0 aromatic heterocycles. The van der Waals surface area contributed by atoms with E-state index < -0.39 is 11.7 Å². The number of rotatable bonds is 3. The molecule has 0 N–H and O–H groups in total. The molecule has 4 rings (SSSR count). The van der Waals surface area contributed by atoms with Gasteiger partial charge in [0.2, 0.25) is 0 Å². The van der Waals surface area contributed by atoms with Gasteiger partial charge in [-0.05, 0) is 34.5 Å². The SMILES string of the molecule is FC(F)(F)c1cccc(CON=C2COc3ccc4ccccc4c32)c1. The summed E-state index contributed by atoms with van der Waals surface area (Å²) in [5.41, 5.74) is 1.20. The number of alkyl halides is 3. The Labute approximate surface area is 147 Å². The Morgan fingerprint density at radius 2 is 1.85 bits per heavy atom. The van der Waals surface area contributed by atoms with Gasteiger partial charge < -0.3 is 9.57 Å². The second kappa shape index (κ2) is 6.37. The Kier molecular flexibility index (Phi) is 4.03. The summed E-state index contributed by atoms with van der Waals surface area (Å²) in [5, 5.41) is 6.17. The van der Waals surface area contributed by atoms with E-state index in [0.717, 1.165) is 34.2 Å². The summed E-state index contributed by atoms with van der Waals surface area (Å²) in [6.07, 6.45) is -4.38.